The van der Waals surface area contributed by atoms with E-state index in [1.165, 1.54) is 11.0 Å². The molecule has 0 saturated carbocycles. The number of carbonyl (C=O) groups is 1. The smallest absolute Gasteiger partial charge is 0.416 e. The van der Waals surface area contributed by atoms with Crippen LogP contribution in [0.2, 0.25) is 0 Å². The fraction of sp³-hybridized carbons (Fsp3) is 0.261. The molecule has 2 N–H and O–H groups in total. The number of fused-ring (bicyclic) bond motifs is 2. The summed E-state index contributed by atoms with van der Waals surface area (Å²) in [4.78, 5) is 14.4. The topological polar surface area (TPSA) is 99.8 Å². The summed E-state index contributed by atoms with van der Waals surface area (Å²) in [7, 11) is 0. The van der Waals surface area contributed by atoms with Gasteiger partial charge in [0.15, 0.2) is 5.82 Å². The van der Waals surface area contributed by atoms with Gasteiger partial charge in [-0.1, -0.05) is 26.0 Å². The Labute approximate surface area is 184 Å². The molecule has 1 amide bonds. The van der Waals surface area contributed by atoms with Gasteiger partial charge in [-0.3, -0.25) is 4.90 Å². The monoisotopic (exact) mass is 438 g/mol. The number of anilines is 1. The van der Waals surface area contributed by atoms with Gasteiger partial charge in [0.1, 0.15) is 17.0 Å². The van der Waals surface area contributed by atoms with E-state index in [0.717, 1.165) is 5.56 Å². The molecule has 0 aliphatic carbocycles. The highest BCUT2D eigenvalue weighted by Crippen LogP contribution is 2.46. The minimum Gasteiger partial charge on any atom is -0.437 e. The first-order valence-electron chi connectivity index (χ1n) is 10.3. The maximum absolute atomic E-state index is 14.5. The van der Waals surface area contributed by atoms with Gasteiger partial charge in [0, 0.05) is 29.5 Å². The summed E-state index contributed by atoms with van der Waals surface area (Å²) < 4.78 is 31.1. The van der Waals surface area contributed by atoms with Gasteiger partial charge in [0.05, 0.1) is 25.4 Å². The molecule has 32 heavy (non-hydrogen) atoms. The molecular weight excluding hydrogens is 415 g/mol. The lowest BCUT2D eigenvalue weighted by molar-refractivity contribution is -0.143. The Morgan fingerprint density at radius 2 is 2.00 bits per heavy atom. The third kappa shape index (κ3) is 3.71. The van der Waals surface area contributed by atoms with Crippen LogP contribution >= 0.6 is 0 Å². The van der Waals surface area contributed by atoms with Gasteiger partial charge >= 0.3 is 6.09 Å². The van der Waals surface area contributed by atoms with E-state index in [2.05, 4.69) is 10.2 Å². The second-order valence-corrected chi connectivity index (χ2v) is 7.12. The fourth-order valence-corrected chi connectivity index (χ4v) is 3.68. The van der Waals surface area contributed by atoms with Crippen LogP contribution in [0, 0.1) is 5.82 Å². The van der Waals surface area contributed by atoms with Gasteiger partial charge in [0.25, 0.3) is 0 Å². The van der Waals surface area contributed by atoms with E-state index < -0.39 is 17.4 Å². The van der Waals surface area contributed by atoms with Crippen molar-refractivity contribution in [2.45, 2.75) is 25.9 Å². The second-order valence-electron chi connectivity index (χ2n) is 7.12. The van der Waals surface area contributed by atoms with Crippen molar-refractivity contribution >= 4 is 11.8 Å². The number of hydrogen-bond donors (Lipinski definition) is 1. The number of rotatable bonds is 4. The van der Waals surface area contributed by atoms with Crippen LogP contribution in [0.4, 0.5) is 14.9 Å². The Balaban J connectivity index is 0.00000119. The molecular formula is C23H23FN4O4. The van der Waals surface area contributed by atoms with Gasteiger partial charge in [-0.15, -0.1) is 5.10 Å². The molecule has 9 heteroatoms. The average molecular weight is 438 g/mol. The van der Waals surface area contributed by atoms with Crippen LogP contribution in [-0.2, 0) is 16.8 Å². The first-order valence-corrected chi connectivity index (χ1v) is 10.3. The van der Waals surface area contributed by atoms with E-state index in [1.807, 2.05) is 19.9 Å². The summed E-state index contributed by atoms with van der Waals surface area (Å²) in [6.45, 7) is 4.57. The summed E-state index contributed by atoms with van der Waals surface area (Å²) in [5.74, 6) is 0.598. The van der Waals surface area contributed by atoms with Gasteiger partial charge in [-0.2, -0.15) is 5.10 Å². The third-order valence-electron chi connectivity index (χ3n) is 5.28. The fourth-order valence-electron chi connectivity index (χ4n) is 3.68. The van der Waals surface area contributed by atoms with Crippen molar-refractivity contribution in [1.29, 1.82) is 0 Å². The van der Waals surface area contributed by atoms with Crippen LogP contribution in [0.15, 0.2) is 54.7 Å². The number of benzene rings is 2. The summed E-state index contributed by atoms with van der Waals surface area (Å²) in [5, 5.41) is 7.64. The number of ether oxygens (including phenoxy) is 3. The second kappa shape index (κ2) is 8.80. The predicted octanol–water partition coefficient (Wildman–Crippen LogP) is 4.26. The number of carbonyl (C=O) groups excluding carboxylic acids is 1. The molecule has 1 fully saturated rings. The van der Waals surface area contributed by atoms with Crippen LogP contribution in [0.25, 0.3) is 0 Å². The number of nitrogens with zero attached hydrogens (tertiary/aromatic N) is 3. The van der Waals surface area contributed by atoms with Gasteiger partial charge < -0.3 is 19.9 Å². The lowest BCUT2D eigenvalue weighted by atomic mass is 9.84. The Kier molecular flexibility index (Phi) is 5.91. The molecule has 3 aromatic rings. The Bertz CT molecular complexity index is 1120. The number of nitrogens with two attached hydrogens (primary N) is 1. The normalized spacial score (nSPS) is 15.7. The summed E-state index contributed by atoms with van der Waals surface area (Å²) in [6.07, 6.45) is 0.948. The molecule has 0 bridgehead atoms. The zero-order valence-electron chi connectivity index (χ0n) is 17.7. The quantitative estimate of drug-likeness (QED) is 0.608. The lowest BCUT2D eigenvalue weighted by Crippen LogP contribution is -2.63. The van der Waals surface area contributed by atoms with Crippen molar-refractivity contribution in [3.63, 3.8) is 0 Å². The molecule has 3 heterocycles. The minimum absolute atomic E-state index is 0.0103. The third-order valence-corrected chi connectivity index (χ3v) is 5.28. The molecule has 1 saturated heterocycles. The highest BCUT2D eigenvalue weighted by Gasteiger charge is 2.53. The minimum atomic E-state index is -0.743. The van der Waals surface area contributed by atoms with E-state index in [1.54, 1.807) is 42.6 Å². The zero-order chi connectivity index (χ0) is 22.7. The maximum Gasteiger partial charge on any atom is 0.416 e. The molecule has 166 valence electrons. The van der Waals surface area contributed by atoms with Crippen molar-refractivity contribution < 1.29 is 23.4 Å². The van der Waals surface area contributed by atoms with Gasteiger partial charge in [-0.25, -0.2) is 9.18 Å². The predicted molar refractivity (Wildman–Crippen MR) is 115 cm³/mol. The SMILES string of the molecule is CC.Nc1cccc(CN2C(=O)Oc3cc(Oc4cccnn4)ccc3C23COC3)c1F. The summed E-state index contributed by atoms with van der Waals surface area (Å²) >= 11 is 0. The van der Waals surface area contributed by atoms with E-state index in [0.29, 0.717) is 22.9 Å². The maximum atomic E-state index is 14.5. The number of aromatic nitrogens is 2. The van der Waals surface area contributed by atoms with Crippen LogP contribution in [0.5, 0.6) is 17.4 Å². The van der Waals surface area contributed by atoms with E-state index in [-0.39, 0.29) is 25.4 Å². The molecule has 5 rings (SSSR count). The standard InChI is InChI=1S/C21H17FN4O4.C2H6/c22-19-13(3-1-4-16(19)23)10-26-20(27)30-17-9-14(29-18-5-2-8-24-25-18)6-7-15(17)21(26)11-28-12-21;1-2/h1-9H,10-12,23H2;1-2H3. The Morgan fingerprint density at radius 3 is 2.69 bits per heavy atom. The van der Waals surface area contributed by atoms with E-state index >= 15 is 0 Å². The van der Waals surface area contributed by atoms with Crippen molar-refractivity contribution in [3.8, 4) is 17.4 Å². The molecule has 0 radical (unpaired) electrons. The van der Waals surface area contributed by atoms with Crippen LogP contribution in [0.1, 0.15) is 25.0 Å². The van der Waals surface area contributed by atoms with Crippen molar-refractivity contribution in [2.24, 2.45) is 0 Å². The van der Waals surface area contributed by atoms with E-state index in [4.69, 9.17) is 19.9 Å². The average Bonchev–Trinajstić information content (AvgIpc) is 2.78. The number of halogens is 1. The number of hydrogen-bond acceptors (Lipinski definition) is 7. The summed E-state index contributed by atoms with van der Waals surface area (Å²) in [6, 6.07) is 13.3. The first kappa shape index (κ1) is 21.5. The molecule has 0 atom stereocenters. The molecule has 2 aliphatic heterocycles. The van der Waals surface area contributed by atoms with Gasteiger partial charge in [0.2, 0.25) is 5.88 Å². The van der Waals surface area contributed by atoms with Crippen molar-refractivity contribution in [2.75, 3.05) is 18.9 Å². The molecule has 1 aromatic heterocycles. The van der Waals surface area contributed by atoms with E-state index in [9.17, 15) is 9.18 Å². The molecule has 1 spiro atoms. The lowest BCUT2D eigenvalue weighted by Gasteiger charge is -2.51. The molecule has 8 nitrogen and oxygen atoms in total. The number of nitrogen functional groups attached to an aromatic ring is 1. The Hall–Kier alpha value is -3.72. The Morgan fingerprint density at radius 1 is 1.19 bits per heavy atom. The van der Waals surface area contributed by atoms with Crippen LogP contribution in [0.3, 0.4) is 0 Å². The molecule has 2 aromatic carbocycles. The summed E-state index contributed by atoms with van der Waals surface area (Å²) in [5.41, 5.74) is 6.04. The van der Waals surface area contributed by atoms with Crippen molar-refractivity contribution in [1.82, 2.24) is 15.1 Å². The highest BCUT2D eigenvalue weighted by atomic mass is 19.1. The highest BCUT2D eigenvalue weighted by molar-refractivity contribution is 5.76. The van der Waals surface area contributed by atoms with Crippen LogP contribution in [-0.4, -0.2) is 34.4 Å². The van der Waals surface area contributed by atoms with Crippen LogP contribution < -0.4 is 15.2 Å². The number of amides is 1. The largest absolute Gasteiger partial charge is 0.437 e. The molecule has 2 aliphatic rings. The zero-order valence-corrected chi connectivity index (χ0v) is 17.7. The van der Waals surface area contributed by atoms with Gasteiger partial charge in [-0.05, 0) is 24.3 Å². The van der Waals surface area contributed by atoms with Crippen molar-refractivity contribution in [3.05, 3.63) is 71.7 Å². The molecule has 0 unspecified atom stereocenters. The first-order chi connectivity index (χ1) is 15.6.